The Morgan fingerprint density at radius 3 is 3.11 bits per heavy atom. The van der Waals surface area contributed by atoms with E-state index in [1.165, 1.54) is 6.33 Å². The molecule has 1 amide bonds. The highest BCUT2D eigenvalue weighted by Gasteiger charge is 2.38. The van der Waals surface area contributed by atoms with Gasteiger partial charge in [-0.1, -0.05) is 0 Å². The van der Waals surface area contributed by atoms with Crippen LogP contribution in [0, 0.1) is 5.92 Å². The van der Waals surface area contributed by atoms with Crippen molar-refractivity contribution in [2.24, 2.45) is 5.92 Å². The maximum atomic E-state index is 13.2. The van der Waals surface area contributed by atoms with Gasteiger partial charge in [0.25, 0.3) is 0 Å². The summed E-state index contributed by atoms with van der Waals surface area (Å²) >= 11 is 0. The van der Waals surface area contributed by atoms with E-state index in [4.69, 9.17) is 9.47 Å². The Morgan fingerprint density at radius 1 is 1.29 bits per heavy atom. The lowest BCUT2D eigenvalue weighted by atomic mass is 10.0. The third-order valence-electron chi connectivity index (χ3n) is 5.40. The summed E-state index contributed by atoms with van der Waals surface area (Å²) in [6, 6.07) is 6.02. The smallest absolute Gasteiger partial charge is 0.231 e. The van der Waals surface area contributed by atoms with Gasteiger partial charge in [0, 0.05) is 37.4 Å². The molecule has 0 bridgehead atoms. The quantitative estimate of drug-likeness (QED) is 0.652. The van der Waals surface area contributed by atoms with Crippen LogP contribution in [0.25, 0.3) is 0 Å². The lowest BCUT2D eigenvalue weighted by Gasteiger charge is -2.35. The predicted octanol–water partition coefficient (Wildman–Crippen LogP) is -0.272. The molecule has 0 saturated carbocycles. The van der Waals surface area contributed by atoms with Gasteiger partial charge in [-0.2, -0.15) is 0 Å². The van der Waals surface area contributed by atoms with Gasteiger partial charge < -0.3 is 19.7 Å². The first-order valence-corrected chi connectivity index (χ1v) is 9.44. The maximum absolute atomic E-state index is 13.2. The average Bonchev–Trinajstić information content (AvgIpc) is 3.47. The Hall–Kier alpha value is -2.92. The number of nitrogens with one attached hydrogen (secondary N) is 3. The first-order valence-electron chi connectivity index (χ1n) is 9.44. The molecule has 148 valence electrons. The number of nitrogens with zero attached hydrogens (tertiary/aromatic N) is 5. The minimum Gasteiger partial charge on any atom is -0.454 e. The first-order chi connectivity index (χ1) is 13.8. The summed E-state index contributed by atoms with van der Waals surface area (Å²) in [4.78, 5) is 15.1. The van der Waals surface area contributed by atoms with Gasteiger partial charge in [-0.25, -0.2) is 10.1 Å². The summed E-state index contributed by atoms with van der Waals surface area (Å²) in [7, 11) is 0. The molecule has 5 rings (SSSR count). The van der Waals surface area contributed by atoms with Crippen molar-refractivity contribution in [3.63, 3.8) is 0 Å². The minimum atomic E-state index is -0.287. The molecular weight excluding hydrogens is 364 g/mol. The Kier molecular flexibility index (Phi) is 4.45. The number of benzene rings is 1. The van der Waals surface area contributed by atoms with Crippen molar-refractivity contribution >= 4 is 11.6 Å². The molecule has 3 atom stereocenters. The van der Waals surface area contributed by atoms with E-state index in [0.29, 0.717) is 13.1 Å². The van der Waals surface area contributed by atoms with Crippen molar-refractivity contribution in [1.82, 2.24) is 36.0 Å². The van der Waals surface area contributed by atoms with Crippen LogP contribution in [-0.2, 0) is 4.79 Å². The number of tetrazole rings is 1. The Morgan fingerprint density at radius 2 is 2.21 bits per heavy atom. The largest absolute Gasteiger partial charge is 0.454 e. The highest BCUT2D eigenvalue weighted by atomic mass is 16.7. The molecule has 3 aliphatic rings. The summed E-state index contributed by atoms with van der Waals surface area (Å²) in [6.45, 7) is 2.22. The third-order valence-corrected chi connectivity index (χ3v) is 5.40. The zero-order valence-electron chi connectivity index (χ0n) is 15.2. The molecule has 3 unspecified atom stereocenters. The van der Waals surface area contributed by atoms with E-state index in [9.17, 15) is 4.79 Å². The first kappa shape index (κ1) is 17.2. The molecule has 1 aromatic heterocycles. The fourth-order valence-corrected chi connectivity index (χ4v) is 4.01. The van der Waals surface area contributed by atoms with E-state index < -0.39 is 0 Å². The number of hydrogen-bond acceptors (Lipinski definition) is 9. The van der Waals surface area contributed by atoms with E-state index in [-0.39, 0.29) is 30.8 Å². The molecule has 4 heterocycles. The zero-order valence-corrected chi connectivity index (χ0v) is 15.2. The number of fused-ring (bicyclic) bond motifs is 1. The predicted molar refractivity (Wildman–Crippen MR) is 97.3 cm³/mol. The number of ether oxygens (including phenoxy) is 2. The van der Waals surface area contributed by atoms with Crippen molar-refractivity contribution in [3.8, 4) is 11.5 Å². The molecule has 11 heteroatoms. The lowest BCUT2D eigenvalue weighted by Crippen LogP contribution is -2.49. The van der Waals surface area contributed by atoms with Crippen molar-refractivity contribution in [2.45, 2.75) is 25.0 Å². The maximum Gasteiger partial charge on any atom is 0.231 e. The molecule has 28 heavy (non-hydrogen) atoms. The number of anilines is 1. The fourth-order valence-electron chi connectivity index (χ4n) is 4.01. The molecule has 0 radical (unpaired) electrons. The Labute approximate surface area is 161 Å². The molecule has 3 aliphatic heterocycles. The number of carbonyl (C=O) groups excluding carboxylic acids is 1. The number of rotatable bonds is 4. The zero-order chi connectivity index (χ0) is 18.9. The van der Waals surface area contributed by atoms with Crippen LogP contribution in [0.4, 0.5) is 5.69 Å². The van der Waals surface area contributed by atoms with Crippen LogP contribution in [-0.4, -0.2) is 63.5 Å². The van der Waals surface area contributed by atoms with Gasteiger partial charge in [-0.15, -0.1) is 5.10 Å². The number of hydrazine groups is 1. The average molecular weight is 386 g/mol. The Balaban J connectivity index is 1.24. The van der Waals surface area contributed by atoms with Gasteiger partial charge in [0.15, 0.2) is 11.5 Å². The van der Waals surface area contributed by atoms with Crippen molar-refractivity contribution in [1.29, 1.82) is 0 Å². The number of hydrogen-bond donors (Lipinski definition) is 3. The van der Waals surface area contributed by atoms with Crippen molar-refractivity contribution in [3.05, 3.63) is 24.5 Å². The van der Waals surface area contributed by atoms with Crippen LogP contribution < -0.4 is 25.6 Å². The Bertz CT molecular complexity index is 845. The van der Waals surface area contributed by atoms with Gasteiger partial charge in [-0.3, -0.25) is 10.2 Å². The summed E-state index contributed by atoms with van der Waals surface area (Å²) in [6.07, 6.45) is 3.20. The summed E-state index contributed by atoms with van der Waals surface area (Å²) in [5.41, 5.74) is 7.11. The van der Waals surface area contributed by atoms with E-state index in [0.717, 1.165) is 36.6 Å². The van der Waals surface area contributed by atoms with Gasteiger partial charge in [0.05, 0.1) is 5.92 Å². The van der Waals surface area contributed by atoms with Crippen molar-refractivity contribution in [2.75, 3.05) is 31.7 Å². The normalized spacial score (nSPS) is 26.4. The SMILES string of the molecule is O=C(C1CNNC1n1cnnn1)N1CCCC(Nc2ccc3c(c2)OCO3)C1. The molecule has 11 nitrogen and oxygen atoms in total. The fraction of sp³-hybridized carbons (Fsp3) is 0.529. The third kappa shape index (κ3) is 3.22. The second-order valence-corrected chi connectivity index (χ2v) is 7.20. The van der Waals surface area contributed by atoms with Crippen LogP contribution in [0.5, 0.6) is 11.5 Å². The number of piperidine rings is 1. The van der Waals surface area contributed by atoms with E-state index in [1.807, 2.05) is 23.1 Å². The van der Waals surface area contributed by atoms with Gasteiger partial charge in [0.2, 0.25) is 12.7 Å². The van der Waals surface area contributed by atoms with Crippen LogP contribution >= 0.6 is 0 Å². The summed E-state index contributed by atoms with van der Waals surface area (Å²) in [5.74, 6) is 1.37. The molecule has 3 N–H and O–H groups in total. The molecule has 0 aliphatic carbocycles. The van der Waals surface area contributed by atoms with Crippen LogP contribution in [0.3, 0.4) is 0 Å². The van der Waals surface area contributed by atoms with Crippen molar-refractivity contribution < 1.29 is 14.3 Å². The van der Waals surface area contributed by atoms with Crippen LogP contribution in [0.1, 0.15) is 19.0 Å². The summed E-state index contributed by atoms with van der Waals surface area (Å²) in [5, 5.41) is 14.8. The topological polar surface area (TPSA) is 118 Å². The second kappa shape index (κ2) is 7.24. The standard InChI is InChI=1S/C17H22N8O3/c26-17(13-7-18-21-16(13)25-9-19-22-23-25)24-5-1-2-12(8-24)20-11-3-4-14-15(6-11)28-10-27-14/h3-4,6,9,12-13,16,18,20-21H,1-2,5,7-8,10H2. The minimum absolute atomic E-state index is 0.107. The number of carbonyl (C=O) groups is 1. The van der Waals surface area contributed by atoms with Gasteiger partial charge in [0.1, 0.15) is 12.5 Å². The number of aromatic nitrogens is 4. The van der Waals surface area contributed by atoms with E-state index >= 15 is 0 Å². The van der Waals surface area contributed by atoms with Crippen LogP contribution in [0.15, 0.2) is 24.5 Å². The molecule has 0 spiro atoms. The van der Waals surface area contributed by atoms with Gasteiger partial charge >= 0.3 is 0 Å². The lowest BCUT2D eigenvalue weighted by molar-refractivity contribution is -0.137. The molecule has 2 saturated heterocycles. The highest BCUT2D eigenvalue weighted by molar-refractivity contribution is 5.80. The summed E-state index contributed by atoms with van der Waals surface area (Å²) < 4.78 is 12.4. The van der Waals surface area contributed by atoms with Gasteiger partial charge in [-0.05, 0) is 35.4 Å². The van der Waals surface area contributed by atoms with E-state index in [1.54, 1.807) is 4.68 Å². The molecule has 2 aromatic rings. The molecular formula is C17H22N8O3. The number of likely N-dealkylation sites (tertiary alicyclic amines) is 1. The van der Waals surface area contributed by atoms with Crippen LogP contribution in [0.2, 0.25) is 0 Å². The second-order valence-electron chi connectivity index (χ2n) is 7.20. The highest BCUT2D eigenvalue weighted by Crippen LogP contribution is 2.34. The monoisotopic (exact) mass is 386 g/mol. The molecule has 1 aromatic carbocycles. The number of amides is 1. The molecule has 2 fully saturated rings. The van der Waals surface area contributed by atoms with E-state index in [2.05, 4.69) is 31.7 Å².